The first kappa shape index (κ1) is 10.8. The van der Waals surface area contributed by atoms with Crippen LogP contribution in [0.4, 0.5) is 4.39 Å². The van der Waals surface area contributed by atoms with E-state index in [1.165, 1.54) is 30.2 Å². The second kappa shape index (κ2) is 4.16. The van der Waals surface area contributed by atoms with Crippen molar-refractivity contribution < 1.29 is 4.39 Å². The van der Waals surface area contributed by atoms with Gasteiger partial charge in [0, 0.05) is 23.5 Å². The number of nitrogens with two attached hydrogens (primary N) is 1. The van der Waals surface area contributed by atoms with Gasteiger partial charge in [0.1, 0.15) is 10.7 Å². The molecule has 0 aromatic carbocycles. The molecule has 0 radical (unpaired) electrons. The van der Waals surface area contributed by atoms with Crippen LogP contribution in [-0.4, -0.2) is 9.97 Å². The number of rotatable bonds is 3. The molecule has 2 heterocycles. The predicted molar refractivity (Wildman–Crippen MR) is 65.2 cm³/mol. The molecule has 2 N–H and O–H groups in total. The first-order valence-electron chi connectivity index (χ1n) is 5.60. The van der Waals surface area contributed by atoms with Gasteiger partial charge in [-0.15, -0.1) is 11.3 Å². The summed E-state index contributed by atoms with van der Waals surface area (Å²) in [4.78, 5) is 9.62. The first-order chi connectivity index (χ1) is 8.29. The van der Waals surface area contributed by atoms with E-state index >= 15 is 0 Å². The van der Waals surface area contributed by atoms with Crippen molar-refractivity contribution in [2.24, 2.45) is 5.73 Å². The Labute approximate surface area is 103 Å². The average molecular weight is 249 g/mol. The van der Waals surface area contributed by atoms with Crippen molar-refractivity contribution in [1.29, 1.82) is 0 Å². The highest BCUT2D eigenvalue weighted by Crippen LogP contribution is 2.44. The topological polar surface area (TPSA) is 51.8 Å². The molecule has 0 spiro atoms. The van der Waals surface area contributed by atoms with Gasteiger partial charge < -0.3 is 5.73 Å². The van der Waals surface area contributed by atoms with Crippen molar-refractivity contribution in [3.63, 3.8) is 0 Å². The third-order valence-corrected chi connectivity index (χ3v) is 3.94. The van der Waals surface area contributed by atoms with Gasteiger partial charge in [0.25, 0.3) is 0 Å². The lowest BCUT2D eigenvalue weighted by Crippen LogP contribution is -1.96. The molecule has 3 nitrogen and oxygen atoms in total. The minimum Gasteiger partial charge on any atom is -0.326 e. The molecule has 2 aromatic rings. The normalized spacial score (nSPS) is 15.2. The second-order valence-corrected chi connectivity index (χ2v) is 5.22. The molecule has 0 aliphatic heterocycles. The molecular formula is C12H12FN3S. The van der Waals surface area contributed by atoms with E-state index in [0.717, 1.165) is 10.6 Å². The van der Waals surface area contributed by atoms with Crippen molar-refractivity contribution in [2.75, 3.05) is 0 Å². The fraction of sp³-hybridized carbons (Fsp3) is 0.333. The standard InChI is InChI=1S/C12H12FN3S/c13-8-2-1-5-15-11(8)12-16-10(7-3-4-7)9(6-14)17-12/h1-2,5,7H,3-4,6,14H2. The zero-order chi connectivity index (χ0) is 11.8. The van der Waals surface area contributed by atoms with Gasteiger partial charge in [0.05, 0.1) is 5.69 Å². The number of hydrogen-bond acceptors (Lipinski definition) is 4. The minimum atomic E-state index is -0.327. The van der Waals surface area contributed by atoms with E-state index in [9.17, 15) is 4.39 Å². The molecule has 0 saturated heterocycles. The number of thiazole rings is 1. The number of nitrogens with zero attached hydrogens (tertiary/aromatic N) is 2. The second-order valence-electron chi connectivity index (χ2n) is 4.14. The van der Waals surface area contributed by atoms with Gasteiger partial charge in [0.15, 0.2) is 5.82 Å². The number of pyridine rings is 1. The zero-order valence-corrected chi connectivity index (χ0v) is 10.0. The maximum Gasteiger partial charge on any atom is 0.151 e. The number of hydrogen-bond donors (Lipinski definition) is 1. The van der Waals surface area contributed by atoms with Gasteiger partial charge >= 0.3 is 0 Å². The third-order valence-electron chi connectivity index (χ3n) is 2.84. The van der Waals surface area contributed by atoms with Gasteiger partial charge in [-0.3, -0.25) is 4.98 Å². The molecule has 1 aliphatic rings. The molecule has 0 bridgehead atoms. The molecule has 3 rings (SSSR count). The van der Waals surface area contributed by atoms with Crippen LogP contribution in [0.5, 0.6) is 0 Å². The SMILES string of the molecule is NCc1sc(-c2ncccc2F)nc1C1CC1. The number of aromatic nitrogens is 2. The Kier molecular flexibility index (Phi) is 2.64. The van der Waals surface area contributed by atoms with E-state index in [1.807, 2.05) is 0 Å². The summed E-state index contributed by atoms with van der Waals surface area (Å²) in [7, 11) is 0. The Morgan fingerprint density at radius 3 is 2.94 bits per heavy atom. The molecule has 2 aromatic heterocycles. The Morgan fingerprint density at radius 1 is 1.47 bits per heavy atom. The molecular weight excluding hydrogens is 237 g/mol. The maximum atomic E-state index is 13.6. The van der Waals surface area contributed by atoms with Crippen LogP contribution in [0.15, 0.2) is 18.3 Å². The van der Waals surface area contributed by atoms with Gasteiger partial charge in [-0.25, -0.2) is 9.37 Å². The highest BCUT2D eigenvalue weighted by atomic mass is 32.1. The lowest BCUT2D eigenvalue weighted by Gasteiger charge is -1.95. The van der Waals surface area contributed by atoms with Crippen molar-refractivity contribution in [3.8, 4) is 10.7 Å². The van der Waals surface area contributed by atoms with Crippen molar-refractivity contribution in [1.82, 2.24) is 9.97 Å². The van der Waals surface area contributed by atoms with Crippen LogP contribution in [0.2, 0.25) is 0 Å². The molecule has 0 unspecified atom stereocenters. The summed E-state index contributed by atoms with van der Waals surface area (Å²) < 4.78 is 13.6. The Bertz CT molecular complexity index is 548. The van der Waals surface area contributed by atoms with Crippen LogP contribution in [0.1, 0.15) is 29.3 Å². The smallest absolute Gasteiger partial charge is 0.151 e. The van der Waals surface area contributed by atoms with Crippen molar-refractivity contribution >= 4 is 11.3 Å². The quantitative estimate of drug-likeness (QED) is 0.909. The highest BCUT2D eigenvalue weighted by Gasteiger charge is 2.29. The molecule has 1 saturated carbocycles. The zero-order valence-electron chi connectivity index (χ0n) is 9.19. The van der Waals surface area contributed by atoms with Crippen LogP contribution in [-0.2, 0) is 6.54 Å². The van der Waals surface area contributed by atoms with Gasteiger partial charge in [-0.2, -0.15) is 0 Å². The summed E-state index contributed by atoms with van der Waals surface area (Å²) >= 11 is 1.46. The van der Waals surface area contributed by atoms with Crippen molar-refractivity contribution in [3.05, 3.63) is 34.7 Å². The van der Waals surface area contributed by atoms with E-state index in [-0.39, 0.29) is 5.82 Å². The summed E-state index contributed by atoms with van der Waals surface area (Å²) in [5.41, 5.74) is 7.09. The average Bonchev–Trinajstić information content (AvgIpc) is 3.10. The predicted octanol–water partition coefficient (Wildman–Crippen LogP) is 2.68. The monoisotopic (exact) mass is 249 g/mol. The van der Waals surface area contributed by atoms with Crippen LogP contribution in [0.3, 0.4) is 0 Å². The fourth-order valence-electron chi connectivity index (χ4n) is 1.83. The number of halogens is 1. The molecule has 88 valence electrons. The van der Waals surface area contributed by atoms with Gasteiger partial charge in [-0.05, 0) is 25.0 Å². The van der Waals surface area contributed by atoms with Crippen LogP contribution >= 0.6 is 11.3 Å². The maximum absolute atomic E-state index is 13.6. The van der Waals surface area contributed by atoms with Crippen LogP contribution < -0.4 is 5.73 Å². The van der Waals surface area contributed by atoms with Gasteiger partial charge in [0.2, 0.25) is 0 Å². The molecule has 17 heavy (non-hydrogen) atoms. The summed E-state index contributed by atoms with van der Waals surface area (Å²) in [5.74, 6) is 0.206. The Balaban J connectivity index is 2.06. The minimum absolute atomic E-state index is 0.327. The molecule has 1 aliphatic carbocycles. The summed E-state index contributed by atoms with van der Waals surface area (Å²) in [6.45, 7) is 0.470. The first-order valence-corrected chi connectivity index (χ1v) is 6.42. The van der Waals surface area contributed by atoms with Crippen molar-refractivity contribution in [2.45, 2.75) is 25.3 Å². The van der Waals surface area contributed by atoms with E-state index in [0.29, 0.717) is 23.2 Å². The lowest BCUT2D eigenvalue weighted by molar-refractivity contribution is 0.625. The summed E-state index contributed by atoms with van der Waals surface area (Å²) in [5, 5.41) is 0.644. The Hall–Kier alpha value is -1.33. The van der Waals surface area contributed by atoms with E-state index in [1.54, 1.807) is 12.3 Å². The van der Waals surface area contributed by atoms with Crippen LogP contribution in [0.25, 0.3) is 10.7 Å². The Morgan fingerprint density at radius 2 is 2.29 bits per heavy atom. The van der Waals surface area contributed by atoms with E-state index in [4.69, 9.17) is 5.73 Å². The molecule has 5 heteroatoms. The largest absolute Gasteiger partial charge is 0.326 e. The summed E-state index contributed by atoms with van der Waals surface area (Å²) in [6, 6.07) is 2.99. The third kappa shape index (κ3) is 1.96. The fourth-order valence-corrected chi connectivity index (χ4v) is 2.85. The van der Waals surface area contributed by atoms with E-state index < -0.39 is 0 Å². The lowest BCUT2D eigenvalue weighted by atomic mass is 10.2. The van der Waals surface area contributed by atoms with Gasteiger partial charge in [-0.1, -0.05) is 0 Å². The van der Waals surface area contributed by atoms with E-state index in [2.05, 4.69) is 9.97 Å². The summed E-state index contributed by atoms with van der Waals surface area (Å²) in [6.07, 6.45) is 3.92. The molecule has 0 amide bonds. The van der Waals surface area contributed by atoms with Crippen LogP contribution in [0, 0.1) is 5.82 Å². The molecule has 1 fully saturated rings. The molecule has 0 atom stereocenters. The highest BCUT2D eigenvalue weighted by molar-refractivity contribution is 7.15.